The summed E-state index contributed by atoms with van der Waals surface area (Å²) in [4.78, 5) is 14.2. The van der Waals surface area contributed by atoms with Crippen molar-refractivity contribution in [2.45, 2.75) is 39.9 Å². The molecule has 1 amide bonds. The molecule has 0 spiro atoms. The van der Waals surface area contributed by atoms with Gasteiger partial charge in [0.15, 0.2) is 0 Å². The number of rotatable bonds is 6. The predicted octanol–water partition coefficient (Wildman–Crippen LogP) is 2.49. The van der Waals surface area contributed by atoms with Crippen LogP contribution >= 0.6 is 0 Å². The van der Waals surface area contributed by atoms with E-state index >= 15 is 0 Å². The molecule has 116 valence electrons. The Morgan fingerprint density at radius 1 is 1.38 bits per heavy atom. The van der Waals surface area contributed by atoms with E-state index in [-0.39, 0.29) is 18.1 Å². The maximum atomic E-state index is 12.3. The van der Waals surface area contributed by atoms with Gasteiger partial charge in [-0.1, -0.05) is 43.7 Å². The summed E-state index contributed by atoms with van der Waals surface area (Å²) in [6.45, 7) is 10.2. The van der Waals surface area contributed by atoms with Crippen LogP contribution in [0.5, 0.6) is 0 Å². The molecule has 0 saturated carbocycles. The fourth-order valence-corrected chi connectivity index (χ4v) is 2.61. The number of nitrogens with one attached hydrogen (secondary N) is 1. The summed E-state index contributed by atoms with van der Waals surface area (Å²) in [5.41, 5.74) is 2.34. The van der Waals surface area contributed by atoms with Gasteiger partial charge in [0.05, 0.1) is 12.6 Å². The van der Waals surface area contributed by atoms with Crippen molar-refractivity contribution in [3.8, 4) is 0 Å². The summed E-state index contributed by atoms with van der Waals surface area (Å²) >= 11 is 0. The van der Waals surface area contributed by atoms with Gasteiger partial charge in [0.2, 0.25) is 5.91 Å². The third-order valence-corrected chi connectivity index (χ3v) is 3.66. The van der Waals surface area contributed by atoms with Gasteiger partial charge >= 0.3 is 0 Å². The average Bonchev–Trinajstić information content (AvgIpc) is 2.71. The molecule has 0 aromatic heterocycles. The highest BCUT2D eigenvalue weighted by Crippen LogP contribution is 2.25. The van der Waals surface area contributed by atoms with Gasteiger partial charge in [0.1, 0.15) is 6.17 Å². The molecule has 0 bridgehead atoms. The van der Waals surface area contributed by atoms with Crippen LogP contribution in [0, 0.1) is 12.8 Å². The first kappa shape index (κ1) is 16.0. The van der Waals surface area contributed by atoms with E-state index in [9.17, 15) is 4.79 Å². The van der Waals surface area contributed by atoms with Gasteiger partial charge in [-0.05, 0) is 25.3 Å². The molecule has 0 radical (unpaired) electrons. The maximum Gasteiger partial charge on any atom is 0.241 e. The molecule has 1 aromatic carbocycles. The summed E-state index contributed by atoms with van der Waals surface area (Å²) in [5.74, 6) is 0.665. The number of ether oxygens (including phenoxy) is 1. The van der Waals surface area contributed by atoms with Crippen LogP contribution in [-0.4, -0.2) is 36.6 Å². The normalized spacial score (nSPS) is 22.3. The quantitative estimate of drug-likeness (QED) is 0.818. The van der Waals surface area contributed by atoms with E-state index < -0.39 is 0 Å². The van der Waals surface area contributed by atoms with Crippen LogP contribution in [0.25, 0.3) is 0 Å². The highest BCUT2D eigenvalue weighted by molar-refractivity contribution is 5.84. The van der Waals surface area contributed by atoms with Gasteiger partial charge in [-0.3, -0.25) is 10.1 Å². The molecular formula is C17H26N2O2. The molecule has 4 heteroatoms. The summed E-state index contributed by atoms with van der Waals surface area (Å²) < 4.78 is 5.63. The summed E-state index contributed by atoms with van der Waals surface area (Å²) in [5, 5.41) is 3.37. The molecule has 1 fully saturated rings. The summed E-state index contributed by atoms with van der Waals surface area (Å²) in [6.07, 6.45) is -0.0463. The molecule has 2 atom stereocenters. The van der Waals surface area contributed by atoms with Crippen LogP contribution < -0.4 is 5.32 Å². The largest absolute Gasteiger partial charge is 0.379 e. The Labute approximate surface area is 127 Å². The summed E-state index contributed by atoms with van der Waals surface area (Å²) in [7, 11) is 0. The first-order valence-corrected chi connectivity index (χ1v) is 7.70. The van der Waals surface area contributed by atoms with Gasteiger partial charge < -0.3 is 9.64 Å². The van der Waals surface area contributed by atoms with Crippen LogP contribution in [0.4, 0.5) is 0 Å². The first-order valence-electron chi connectivity index (χ1n) is 7.70. The Morgan fingerprint density at radius 2 is 2.14 bits per heavy atom. The number of carbonyl (C=O) groups is 1. The Morgan fingerprint density at radius 3 is 2.81 bits per heavy atom. The van der Waals surface area contributed by atoms with Gasteiger partial charge in [-0.15, -0.1) is 0 Å². The SMILES string of the molecule is Cc1cccc(C2NC(C)C(=O)N2CCOCC(C)C)c1. The molecule has 21 heavy (non-hydrogen) atoms. The lowest BCUT2D eigenvalue weighted by Crippen LogP contribution is -2.34. The van der Waals surface area contributed by atoms with E-state index in [4.69, 9.17) is 4.74 Å². The Kier molecular flexibility index (Phi) is 5.37. The van der Waals surface area contributed by atoms with Gasteiger partial charge in [-0.2, -0.15) is 0 Å². The minimum atomic E-state index is -0.138. The molecule has 1 N–H and O–H groups in total. The topological polar surface area (TPSA) is 41.6 Å². The fraction of sp³-hybridized carbons (Fsp3) is 0.588. The lowest BCUT2D eigenvalue weighted by molar-refractivity contribution is -0.130. The number of nitrogens with zero attached hydrogens (tertiary/aromatic N) is 1. The second-order valence-electron chi connectivity index (χ2n) is 6.21. The molecule has 1 saturated heterocycles. The number of aryl methyl sites for hydroxylation is 1. The number of carbonyl (C=O) groups excluding carboxylic acids is 1. The van der Waals surface area contributed by atoms with E-state index in [0.29, 0.717) is 19.1 Å². The Balaban J connectivity index is 2.03. The smallest absolute Gasteiger partial charge is 0.241 e. The molecule has 0 aliphatic carbocycles. The highest BCUT2D eigenvalue weighted by Gasteiger charge is 2.36. The molecule has 1 aliphatic rings. The zero-order valence-electron chi connectivity index (χ0n) is 13.4. The lowest BCUT2D eigenvalue weighted by Gasteiger charge is -2.25. The predicted molar refractivity (Wildman–Crippen MR) is 83.9 cm³/mol. The molecule has 2 unspecified atom stereocenters. The number of benzene rings is 1. The molecule has 1 aliphatic heterocycles. The third kappa shape index (κ3) is 4.05. The second-order valence-corrected chi connectivity index (χ2v) is 6.21. The van der Waals surface area contributed by atoms with Crippen LogP contribution in [0.15, 0.2) is 24.3 Å². The van der Waals surface area contributed by atoms with Crippen molar-refractivity contribution in [3.05, 3.63) is 35.4 Å². The zero-order valence-corrected chi connectivity index (χ0v) is 13.4. The number of amides is 1. The molecule has 1 aromatic rings. The van der Waals surface area contributed by atoms with E-state index in [0.717, 1.165) is 12.2 Å². The molecule has 2 rings (SSSR count). The van der Waals surface area contributed by atoms with Crippen molar-refractivity contribution in [1.29, 1.82) is 0 Å². The minimum absolute atomic E-state index is 0.0463. The molecule has 4 nitrogen and oxygen atoms in total. The first-order chi connectivity index (χ1) is 9.99. The summed E-state index contributed by atoms with van der Waals surface area (Å²) in [6, 6.07) is 8.16. The van der Waals surface area contributed by atoms with Crippen molar-refractivity contribution >= 4 is 5.91 Å². The zero-order chi connectivity index (χ0) is 15.4. The highest BCUT2D eigenvalue weighted by atomic mass is 16.5. The third-order valence-electron chi connectivity index (χ3n) is 3.66. The van der Waals surface area contributed by atoms with Crippen molar-refractivity contribution < 1.29 is 9.53 Å². The van der Waals surface area contributed by atoms with Crippen molar-refractivity contribution in [3.63, 3.8) is 0 Å². The van der Waals surface area contributed by atoms with Crippen molar-refractivity contribution in [1.82, 2.24) is 10.2 Å². The van der Waals surface area contributed by atoms with E-state index in [1.54, 1.807) is 0 Å². The molecule has 1 heterocycles. The molecular weight excluding hydrogens is 264 g/mol. The number of hydrogen-bond donors (Lipinski definition) is 1. The lowest BCUT2D eigenvalue weighted by atomic mass is 10.1. The standard InChI is InChI=1S/C17H26N2O2/c1-12(2)11-21-9-8-19-16(18-14(4)17(19)20)15-7-5-6-13(3)10-15/h5-7,10,12,14,16,18H,8-9,11H2,1-4H3. The van der Waals surface area contributed by atoms with Crippen molar-refractivity contribution in [2.24, 2.45) is 5.92 Å². The maximum absolute atomic E-state index is 12.3. The van der Waals surface area contributed by atoms with Gasteiger partial charge in [-0.25, -0.2) is 0 Å². The van der Waals surface area contributed by atoms with Crippen LogP contribution in [0.2, 0.25) is 0 Å². The van der Waals surface area contributed by atoms with Crippen molar-refractivity contribution in [2.75, 3.05) is 19.8 Å². The second kappa shape index (κ2) is 7.05. The minimum Gasteiger partial charge on any atom is -0.379 e. The van der Waals surface area contributed by atoms with Gasteiger partial charge in [0, 0.05) is 13.2 Å². The van der Waals surface area contributed by atoms with Crippen LogP contribution in [0.1, 0.15) is 38.1 Å². The number of hydrogen-bond acceptors (Lipinski definition) is 3. The van der Waals surface area contributed by atoms with E-state index in [1.807, 2.05) is 17.9 Å². The van der Waals surface area contributed by atoms with E-state index in [1.165, 1.54) is 5.56 Å². The van der Waals surface area contributed by atoms with E-state index in [2.05, 4.69) is 44.3 Å². The monoisotopic (exact) mass is 290 g/mol. The van der Waals surface area contributed by atoms with Crippen LogP contribution in [-0.2, 0) is 9.53 Å². The van der Waals surface area contributed by atoms with Gasteiger partial charge in [0.25, 0.3) is 0 Å². The fourth-order valence-electron chi connectivity index (χ4n) is 2.61. The Bertz CT molecular complexity index is 487. The average molecular weight is 290 g/mol. The van der Waals surface area contributed by atoms with Crippen LogP contribution in [0.3, 0.4) is 0 Å². The Hall–Kier alpha value is -1.39.